The van der Waals surface area contributed by atoms with E-state index in [1.807, 2.05) is 36.4 Å². The summed E-state index contributed by atoms with van der Waals surface area (Å²) in [5.41, 5.74) is 2.46. The number of halogens is 3. The summed E-state index contributed by atoms with van der Waals surface area (Å²) in [6.07, 6.45) is 5.21. The van der Waals surface area contributed by atoms with E-state index in [-0.39, 0.29) is 12.4 Å². The maximum Gasteiger partial charge on any atom is 0.0406 e. The molecule has 4 heteroatoms. The van der Waals surface area contributed by atoms with Crippen LogP contribution in [0.15, 0.2) is 54.6 Å². The van der Waals surface area contributed by atoms with Crippen LogP contribution < -0.4 is 5.32 Å². The highest BCUT2D eigenvalue weighted by Crippen LogP contribution is 2.10. The molecule has 112 valence electrons. The topological polar surface area (TPSA) is 12.0 Å². The smallest absolute Gasteiger partial charge is 0.0406 e. The zero-order valence-corrected chi connectivity index (χ0v) is 13.9. The quantitative estimate of drug-likeness (QED) is 0.706. The molecule has 2 aromatic carbocycles. The van der Waals surface area contributed by atoms with Crippen LogP contribution in [-0.2, 0) is 6.42 Å². The van der Waals surface area contributed by atoms with Gasteiger partial charge in [-0.05, 0) is 48.4 Å². The molecule has 0 saturated heterocycles. The lowest BCUT2D eigenvalue weighted by molar-refractivity contribution is 0.745. The molecule has 0 radical (unpaired) electrons. The second-order valence-corrected chi connectivity index (χ2v) is 5.41. The Bertz CT molecular complexity index is 547. The molecule has 0 bridgehead atoms. The summed E-state index contributed by atoms with van der Waals surface area (Å²) in [7, 11) is 0. The summed E-state index contributed by atoms with van der Waals surface area (Å²) in [4.78, 5) is 0. The molecule has 1 N–H and O–H groups in total. The Hall–Kier alpha value is -0.990. The lowest BCUT2D eigenvalue weighted by atomic mass is 10.1. The minimum atomic E-state index is 0. The first-order valence-corrected chi connectivity index (χ1v) is 7.37. The number of hydrogen-bond acceptors (Lipinski definition) is 1. The SMILES string of the molecule is Cl.Clc1ccc(/C=C/CNCCc2ccc(Cl)cc2)cc1. The normalized spacial score (nSPS) is 10.6. The molecule has 0 spiro atoms. The van der Waals surface area contributed by atoms with Crippen molar-refractivity contribution in [1.29, 1.82) is 0 Å². The third-order valence-corrected chi connectivity index (χ3v) is 3.45. The number of rotatable bonds is 6. The predicted molar refractivity (Wildman–Crippen MR) is 95.8 cm³/mol. The van der Waals surface area contributed by atoms with Gasteiger partial charge in [-0.25, -0.2) is 0 Å². The van der Waals surface area contributed by atoms with E-state index in [0.29, 0.717) is 0 Å². The third kappa shape index (κ3) is 7.01. The van der Waals surface area contributed by atoms with E-state index >= 15 is 0 Å². The van der Waals surface area contributed by atoms with Gasteiger partial charge < -0.3 is 5.32 Å². The molecule has 0 amide bonds. The van der Waals surface area contributed by atoms with E-state index in [9.17, 15) is 0 Å². The van der Waals surface area contributed by atoms with E-state index in [1.165, 1.54) is 5.56 Å². The minimum absolute atomic E-state index is 0. The Morgan fingerprint density at radius 3 is 2.05 bits per heavy atom. The fourth-order valence-corrected chi connectivity index (χ4v) is 2.09. The largest absolute Gasteiger partial charge is 0.313 e. The first kappa shape index (κ1) is 18.1. The molecular formula is C17H18Cl3N. The van der Waals surface area contributed by atoms with Gasteiger partial charge in [0.25, 0.3) is 0 Å². The maximum absolute atomic E-state index is 5.85. The molecule has 0 unspecified atom stereocenters. The predicted octanol–water partition coefficient (Wildman–Crippen LogP) is 5.26. The molecule has 2 aromatic rings. The molecule has 0 saturated carbocycles. The van der Waals surface area contributed by atoms with Crippen LogP contribution in [0.4, 0.5) is 0 Å². The van der Waals surface area contributed by atoms with Crippen molar-refractivity contribution in [2.24, 2.45) is 0 Å². The van der Waals surface area contributed by atoms with Crippen molar-refractivity contribution in [2.45, 2.75) is 6.42 Å². The average molecular weight is 343 g/mol. The van der Waals surface area contributed by atoms with Crippen LogP contribution in [0, 0.1) is 0 Å². The van der Waals surface area contributed by atoms with E-state index in [4.69, 9.17) is 23.2 Å². The van der Waals surface area contributed by atoms with Crippen LogP contribution in [0.25, 0.3) is 6.08 Å². The second kappa shape index (κ2) is 9.86. The Morgan fingerprint density at radius 1 is 0.857 bits per heavy atom. The monoisotopic (exact) mass is 341 g/mol. The van der Waals surface area contributed by atoms with Gasteiger partial charge in [0.2, 0.25) is 0 Å². The Morgan fingerprint density at radius 2 is 1.43 bits per heavy atom. The van der Waals surface area contributed by atoms with Crippen molar-refractivity contribution in [2.75, 3.05) is 13.1 Å². The fourth-order valence-electron chi connectivity index (χ4n) is 1.84. The highest BCUT2D eigenvalue weighted by Gasteiger charge is 1.92. The molecule has 0 aliphatic carbocycles. The van der Waals surface area contributed by atoms with E-state index in [0.717, 1.165) is 35.1 Å². The summed E-state index contributed by atoms with van der Waals surface area (Å²) in [5, 5.41) is 4.94. The highest BCUT2D eigenvalue weighted by atomic mass is 35.5. The van der Waals surface area contributed by atoms with Gasteiger partial charge in [0.15, 0.2) is 0 Å². The Kier molecular flexibility index (Phi) is 8.48. The molecule has 0 atom stereocenters. The van der Waals surface area contributed by atoms with Crippen LogP contribution in [0.5, 0.6) is 0 Å². The van der Waals surface area contributed by atoms with Gasteiger partial charge in [0.05, 0.1) is 0 Å². The third-order valence-electron chi connectivity index (χ3n) is 2.95. The standard InChI is InChI=1S/C17H17Cl2N.ClH/c18-16-7-3-14(4-8-16)2-1-12-20-13-11-15-5-9-17(19)10-6-15;/h1-10,20H,11-13H2;1H/b2-1+;. The molecule has 2 rings (SSSR count). The summed E-state index contributed by atoms with van der Waals surface area (Å²) in [5.74, 6) is 0. The summed E-state index contributed by atoms with van der Waals surface area (Å²) in [6.45, 7) is 1.81. The Labute approximate surface area is 142 Å². The Balaban J connectivity index is 0.00000220. The van der Waals surface area contributed by atoms with Gasteiger partial charge in [-0.15, -0.1) is 12.4 Å². The van der Waals surface area contributed by atoms with Crippen LogP contribution in [0.2, 0.25) is 10.0 Å². The van der Waals surface area contributed by atoms with Crippen molar-refractivity contribution in [1.82, 2.24) is 5.32 Å². The highest BCUT2D eigenvalue weighted by molar-refractivity contribution is 6.30. The van der Waals surface area contributed by atoms with Crippen molar-refractivity contribution >= 4 is 41.7 Å². The molecule has 21 heavy (non-hydrogen) atoms. The molecule has 0 fully saturated rings. The van der Waals surface area contributed by atoms with Crippen molar-refractivity contribution in [3.05, 3.63) is 75.8 Å². The maximum atomic E-state index is 5.85. The zero-order chi connectivity index (χ0) is 14.2. The number of benzene rings is 2. The van der Waals surface area contributed by atoms with Crippen molar-refractivity contribution < 1.29 is 0 Å². The summed E-state index contributed by atoms with van der Waals surface area (Å²) >= 11 is 11.7. The van der Waals surface area contributed by atoms with Gasteiger partial charge in [0, 0.05) is 16.6 Å². The van der Waals surface area contributed by atoms with Crippen LogP contribution in [0.3, 0.4) is 0 Å². The lowest BCUT2D eigenvalue weighted by Gasteiger charge is -2.02. The molecule has 0 heterocycles. The van der Waals surface area contributed by atoms with Crippen LogP contribution in [-0.4, -0.2) is 13.1 Å². The van der Waals surface area contributed by atoms with Crippen molar-refractivity contribution in [3.8, 4) is 0 Å². The van der Waals surface area contributed by atoms with E-state index in [1.54, 1.807) is 0 Å². The molecule has 1 nitrogen and oxygen atoms in total. The number of hydrogen-bond donors (Lipinski definition) is 1. The second-order valence-electron chi connectivity index (χ2n) is 4.53. The van der Waals surface area contributed by atoms with E-state index in [2.05, 4.69) is 29.6 Å². The summed E-state index contributed by atoms with van der Waals surface area (Å²) < 4.78 is 0. The van der Waals surface area contributed by atoms with Gasteiger partial charge in [0.1, 0.15) is 0 Å². The molecule has 0 aliphatic rings. The first-order chi connectivity index (χ1) is 9.74. The first-order valence-electron chi connectivity index (χ1n) is 6.61. The number of nitrogens with one attached hydrogen (secondary N) is 1. The van der Waals surface area contributed by atoms with Crippen LogP contribution >= 0.6 is 35.6 Å². The van der Waals surface area contributed by atoms with Crippen molar-refractivity contribution in [3.63, 3.8) is 0 Å². The molecule has 0 aromatic heterocycles. The zero-order valence-electron chi connectivity index (χ0n) is 11.6. The van der Waals surface area contributed by atoms with Gasteiger partial charge in [-0.1, -0.05) is 59.6 Å². The summed E-state index contributed by atoms with van der Waals surface area (Å²) in [6, 6.07) is 15.8. The molecule has 0 aliphatic heterocycles. The molecular weight excluding hydrogens is 325 g/mol. The minimum Gasteiger partial charge on any atom is -0.313 e. The van der Waals surface area contributed by atoms with Crippen LogP contribution in [0.1, 0.15) is 11.1 Å². The lowest BCUT2D eigenvalue weighted by Crippen LogP contribution is -2.16. The average Bonchev–Trinajstić information content (AvgIpc) is 2.46. The van der Waals surface area contributed by atoms with Gasteiger partial charge >= 0.3 is 0 Å². The van der Waals surface area contributed by atoms with Gasteiger partial charge in [-0.3, -0.25) is 0 Å². The van der Waals surface area contributed by atoms with E-state index < -0.39 is 0 Å². The fraction of sp³-hybridized carbons (Fsp3) is 0.176. The van der Waals surface area contributed by atoms with Gasteiger partial charge in [-0.2, -0.15) is 0 Å².